The summed E-state index contributed by atoms with van der Waals surface area (Å²) in [6.45, 7) is 2.51. The largest absolute Gasteiger partial charge is 0.387 e. The second kappa shape index (κ2) is 8.04. The Bertz CT molecular complexity index is 664. The van der Waals surface area contributed by atoms with Gasteiger partial charge in [0.05, 0.1) is 6.10 Å². The first-order valence-electron chi connectivity index (χ1n) is 8.77. The van der Waals surface area contributed by atoms with Gasteiger partial charge in [-0.3, -0.25) is 9.88 Å². The number of nitrogens with zero attached hydrogens (tertiary/aromatic N) is 3. The van der Waals surface area contributed by atoms with Crippen molar-refractivity contribution in [2.75, 3.05) is 33.7 Å². The van der Waals surface area contributed by atoms with E-state index >= 15 is 0 Å². The Morgan fingerprint density at radius 1 is 1.32 bits per heavy atom. The normalized spacial score (nSPS) is 22.4. The molecule has 2 aromatic rings. The molecular formula is C20H26FN3O. The van der Waals surface area contributed by atoms with E-state index < -0.39 is 6.10 Å². The fraction of sp³-hybridized carbons (Fsp3) is 0.450. The topological polar surface area (TPSA) is 39.6 Å². The van der Waals surface area contributed by atoms with Crippen LogP contribution in [0.2, 0.25) is 0 Å². The summed E-state index contributed by atoms with van der Waals surface area (Å²) >= 11 is 0. The van der Waals surface area contributed by atoms with E-state index in [4.69, 9.17) is 0 Å². The molecule has 0 radical (unpaired) electrons. The average Bonchev–Trinajstić information content (AvgIpc) is 2.96. The summed E-state index contributed by atoms with van der Waals surface area (Å²) in [6.07, 6.45) is 4.28. The van der Waals surface area contributed by atoms with Crippen LogP contribution in [0.1, 0.15) is 29.7 Å². The Hall–Kier alpha value is -1.82. The van der Waals surface area contributed by atoms with Crippen LogP contribution in [0.15, 0.2) is 48.8 Å². The van der Waals surface area contributed by atoms with Gasteiger partial charge in [0.15, 0.2) is 0 Å². The van der Waals surface area contributed by atoms with E-state index in [0.717, 1.165) is 25.1 Å². The fourth-order valence-corrected chi connectivity index (χ4v) is 3.86. The highest BCUT2D eigenvalue weighted by Crippen LogP contribution is 2.36. The van der Waals surface area contributed by atoms with Gasteiger partial charge >= 0.3 is 0 Å². The molecule has 0 saturated carbocycles. The highest BCUT2D eigenvalue weighted by molar-refractivity contribution is 5.19. The van der Waals surface area contributed by atoms with Crippen LogP contribution in [0.3, 0.4) is 0 Å². The number of hydrogen-bond acceptors (Lipinski definition) is 4. The lowest BCUT2D eigenvalue weighted by molar-refractivity contribution is 0.113. The number of halogens is 1. The summed E-state index contributed by atoms with van der Waals surface area (Å²) in [7, 11) is 4.19. The van der Waals surface area contributed by atoms with Gasteiger partial charge in [-0.1, -0.05) is 18.2 Å². The molecule has 4 nitrogen and oxygen atoms in total. The third-order valence-corrected chi connectivity index (χ3v) is 5.09. The zero-order chi connectivity index (χ0) is 17.8. The van der Waals surface area contributed by atoms with Crippen LogP contribution in [-0.2, 0) is 0 Å². The van der Waals surface area contributed by atoms with Crippen LogP contribution in [0.25, 0.3) is 0 Å². The molecule has 1 aliphatic heterocycles. The molecule has 5 heteroatoms. The second-order valence-corrected chi connectivity index (χ2v) is 7.05. The van der Waals surface area contributed by atoms with Gasteiger partial charge in [0.25, 0.3) is 0 Å². The smallest absolute Gasteiger partial charge is 0.123 e. The van der Waals surface area contributed by atoms with Gasteiger partial charge in [0.2, 0.25) is 0 Å². The Balaban J connectivity index is 1.61. The van der Waals surface area contributed by atoms with Gasteiger partial charge < -0.3 is 10.0 Å². The van der Waals surface area contributed by atoms with Crippen molar-refractivity contribution in [1.29, 1.82) is 0 Å². The number of aliphatic hydroxyl groups excluding tert-OH is 1. The van der Waals surface area contributed by atoms with Crippen molar-refractivity contribution in [3.63, 3.8) is 0 Å². The van der Waals surface area contributed by atoms with Gasteiger partial charge in [-0.05, 0) is 62.3 Å². The van der Waals surface area contributed by atoms with Gasteiger partial charge in [-0.15, -0.1) is 0 Å². The minimum absolute atomic E-state index is 0.280. The SMILES string of the molecule is CN(C[C@@H]1CCN(C)[C@H]1c1cccnc1)C[C@H](O)c1ccc(F)cc1. The molecule has 0 bridgehead atoms. The van der Waals surface area contributed by atoms with Crippen LogP contribution in [0, 0.1) is 11.7 Å². The van der Waals surface area contributed by atoms with Crippen molar-refractivity contribution in [2.45, 2.75) is 18.6 Å². The molecule has 3 rings (SSSR count). The molecular weight excluding hydrogens is 317 g/mol. The average molecular weight is 343 g/mol. The zero-order valence-corrected chi connectivity index (χ0v) is 14.8. The molecule has 134 valence electrons. The summed E-state index contributed by atoms with van der Waals surface area (Å²) in [5, 5.41) is 10.4. The molecule has 1 N–H and O–H groups in total. The first-order chi connectivity index (χ1) is 12.0. The van der Waals surface area contributed by atoms with Crippen LogP contribution in [0.5, 0.6) is 0 Å². The lowest BCUT2D eigenvalue weighted by atomic mass is 9.94. The van der Waals surface area contributed by atoms with E-state index in [-0.39, 0.29) is 5.82 Å². The molecule has 2 heterocycles. The lowest BCUT2D eigenvalue weighted by Crippen LogP contribution is -2.32. The third kappa shape index (κ3) is 4.42. The molecule has 1 fully saturated rings. The Morgan fingerprint density at radius 2 is 2.08 bits per heavy atom. The predicted molar refractivity (Wildman–Crippen MR) is 96.6 cm³/mol. The maximum Gasteiger partial charge on any atom is 0.123 e. The fourth-order valence-electron chi connectivity index (χ4n) is 3.86. The van der Waals surface area contributed by atoms with Crippen LogP contribution >= 0.6 is 0 Å². The number of benzene rings is 1. The van der Waals surface area contributed by atoms with Crippen molar-refractivity contribution < 1.29 is 9.50 Å². The van der Waals surface area contributed by atoms with Crippen molar-refractivity contribution >= 4 is 0 Å². The zero-order valence-electron chi connectivity index (χ0n) is 14.8. The number of aromatic nitrogens is 1. The minimum Gasteiger partial charge on any atom is -0.387 e. The second-order valence-electron chi connectivity index (χ2n) is 7.05. The minimum atomic E-state index is -0.610. The van der Waals surface area contributed by atoms with Gasteiger partial charge in [-0.2, -0.15) is 0 Å². The first-order valence-corrected chi connectivity index (χ1v) is 8.77. The summed E-state index contributed by atoms with van der Waals surface area (Å²) in [5.74, 6) is 0.220. The molecule has 1 aliphatic rings. The highest BCUT2D eigenvalue weighted by atomic mass is 19.1. The van der Waals surface area contributed by atoms with E-state index in [0.29, 0.717) is 18.5 Å². The van der Waals surface area contributed by atoms with E-state index in [9.17, 15) is 9.50 Å². The number of likely N-dealkylation sites (tertiary alicyclic amines) is 1. The Labute approximate surface area is 148 Å². The third-order valence-electron chi connectivity index (χ3n) is 5.09. The number of pyridine rings is 1. The molecule has 1 aromatic heterocycles. The predicted octanol–water partition coefficient (Wildman–Crippen LogP) is 2.88. The monoisotopic (exact) mass is 343 g/mol. The molecule has 1 saturated heterocycles. The van der Waals surface area contributed by atoms with E-state index in [1.807, 2.05) is 19.3 Å². The van der Waals surface area contributed by atoms with Crippen LogP contribution in [0.4, 0.5) is 4.39 Å². The van der Waals surface area contributed by atoms with Crippen molar-refractivity contribution in [2.24, 2.45) is 5.92 Å². The lowest BCUT2D eigenvalue weighted by Gasteiger charge is -2.29. The van der Waals surface area contributed by atoms with E-state index in [1.54, 1.807) is 18.3 Å². The summed E-state index contributed by atoms with van der Waals surface area (Å²) in [4.78, 5) is 8.81. The van der Waals surface area contributed by atoms with Crippen LogP contribution < -0.4 is 0 Å². The number of aliphatic hydroxyl groups is 1. The molecule has 3 atom stereocenters. The number of likely N-dealkylation sites (N-methyl/N-ethyl adjacent to an activating group) is 1. The summed E-state index contributed by atoms with van der Waals surface area (Å²) in [5.41, 5.74) is 2.00. The summed E-state index contributed by atoms with van der Waals surface area (Å²) < 4.78 is 13.0. The maximum absolute atomic E-state index is 13.0. The molecule has 0 spiro atoms. The van der Waals surface area contributed by atoms with Gasteiger partial charge in [0, 0.05) is 31.5 Å². The molecule has 25 heavy (non-hydrogen) atoms. The molecule has 0 unspecified atom stereocenters. The molecule has 0 aliphatic carbocycles. The van der Waals surface area contributed by atoms with Gasteiger partial charge in [0.1, 0.15) is 5.82 Å². The summed E-state index contributed by atoms with van der Waals surface area (Å²) in [6, 6.07) is 10.6. The Kier molecular flexibility index (Phi) is 5.78. The number of rotatable bonds is 6. The van der Waals surface area contributed by atoms with Crippen molar-refractivity contribution in [3.05, 3.63) is 65.7 Å². The molecule has 1 aromatic carbocycles. The van der Waals surface area contributed by atoms with Crippen molar-refractivity contribution in [1.82, 2.24) is 14.8 Å². The van der Waals surface area contributed by atoms with E-state index in [1.165, 1.54) is 17.7 Å². The highest BCUT2D eigenvalue weighted by Gasteiger charge is 2.33. The van der Waals surface area contributed by atoms with Gasteiger partial charge in [-0.25, -0.2) is 4.39 Å². The Morgan fingerprint density at radius 3 is 2.76 bits per heavy atom. The quantitative estimate of drug-likeness (QED) is 0.875. The van der Waals surface area contributed by atoms with Crippen molar-refractivity contribution in [3.8, 4) is 0 Å². The number of hydrogen-bond donors (Lipinski definition) is 1. The van der Waals surface area contributed by atoms with Crippen LogP contribution in [-0.4, -0.2) is 53.6 Å². The standard InChI is InChI=1S/C20H26FN3O/c1-23(14-19(25)15-5-7-18(21)8-6-15)13-17-9-11-24(2)20(17)16-4-3-10-22-12-16/h3-8,10,12,17,19-20,25H,9,11,13-14H2,1-2H3/t17-,19-,20-/m0/s1. The van der Waals surface area contributed by atoms with E-state index in [2.05, 4.69) is 27.9 Å². The maximum atomic E-state index is 13.0. The first kappa shape index (κ1) is 18.0. The molecule has 0 amide bonds.